The number of H-pyrrole nitrogens is 1. The smallest absolute Gasteiger partial charge is 0.407 e. The van der Waals surface area contributed by atoms with Crippen LogP contribution in [0.4, 0.5) is 4.79 Å². The number of aromatic nitrogens is 2. The molecule has 1 saturated heterocycles. The first-order valence-corrected chi connectivity index (χ1v) is 14.3. The zero-order chi connectivity index (χ0) is 28.8. The van der Waals surface area contributed by atoms with Crippen LogP contribution >= 0.6 is 11.6 Å². The molecular formula is C31H33ClN4O5. The number of imidazole rings is 1. The fraction of sp³-hybridized carbons (Fsp3) is 0.387. The molecule has 3 heterocycles. The molecule has 2 aliphatic heterocycles. The Morgan fingerprint density at radius 2 is 2.02 bits per heavy atom. The van der Waals surface area contributed by atoms with Crippen LogP contribution in [-0.4, -0.2) is 59.3 Å². The molecule has 1 aromatic heterocycles. The van der Waals surface area contributed by atoms with Gasteiger partial charge in [0.1, 0.15) is 24.2 Å². The number of carbonyl (C=O) groups excluding carboxylic acids is 2. The maximum Gasteiger partial charge on any atom is 0.407 e. The van der Waals surface area contributed by atoms with Crippen molar-refractivity contribution in [3.63, 3.8) is 0 Å². The van der Waals surface area contributed by atoms with Crippen molar-refractivity contribution in [2.45, 2.75) is 52.0 Å². The molecule has 0 radical (unpaired) electrons. The standard InChI is InChI=1S/C31H33ClN4O5/c1-5-40-20-12-25(36(14-20)30(37)27(16(2)3)35-31(38)39-4)29-33-24-9-6-17-11-23-21-8-7-19(32)10-18(21)15-41-26(23)13-22(17)28(24)34-29/h6-11,13,16,20,25,27H,5,12,14-15H2,1-4H3,(H,33,34)(H,35,38). The number of hydrogen-bond donors (Lipinski definition) is 2. The van der Waals surface area contributed by atoms with E-state index >= 15 is 0 Å². The summed E-state index contributed by atoms with van der Waals surface area (Å²) in [5.74, 6) is 1.15. The number of hydrogen-bond acceptors (Lipinski definition) is 6. The number of halogens is 1. The van der Waals surface area contributed by atoms with Crippen molar-refractivity contribution in [2.24, 2.45) is 5.92 Å². The first-order valence-electron chi connectivity index (χ1n) is 13.9. The van der Waals surface area contributed by atoms with Gasteiger partial charge in [-0.25, -0.2) is 9.78 Å². The molecule has 0 spiro atoms. The molecule has 214 valence electrons. The molecule has 3 atom stereocenters. The number of ether oxygens (including phenoxy) is 3. The predicted molar refractivity (Wildman–Crippen MR) is 157 cm³/mol. The van der Waals surface area contributed by atoms with Crippen LogP contribution in [0.25, 0.3) is 32.9 Å². The van der Waals surface area contributed by atoms with Crippen LogP contribution in [-0.2, 0) is 20.9 Å². The minimum absolute atomic E-state index is 0.139. The van der Waals surface area contributed by atoms with Gasteiger partial charge in [-0.1, -0.05) is 37.6 Å². The summed E-state index contributed by atoms with van der Waals surface area (Å²) in [5.41, 5.74) is 4.88. The summed E-state index contributed by atoms with van der Waals surface area (Å²) in [6.45, 7) is 7.13. The van der Waals surface area contributed by atoms with Gasteiger partial charge in [0.25, 0.3) is 0 Å². The lowest BCUT2D eigenvalue weighted by atomic mass is 9.94. The zero-order valence-electron chi connectivity index (χ0n) is 23.5. The molecule has 9 nitrogen and oxygen atoms in total. The van der Waals surface area contributed by atoms with Gasteiger partial charge in [-0.05, 0) is 59.7 Å². The van der Waals surface area contributed by atoms with Crippen molar-refractivity contribution in [3.8, 4) is 16.9 Å². The highest BCUT2D eigenvalue weighted by atomic mass is 35.5. The van der Waals surface area contributed by atoms with Crippen molar-refractivity contribution in [3.05, 3.63) is 58.9 Å². The average molecular weight is 577 g/mol. The fourth-order valence-electron chi connectivity index (χ4n) is 5.97. The Morgan fingerprint density at radius 3 is 2.78 bits per heavy atom. The van der Waals surface area contributed by atoms with E-state index < -0.39 is 12.1 Å². The molecule has 0 aliphatic carbocycles. The van der Waals surface area contributed by atoms with Gasteiger partial charge in [-0.15, -0.1) is 0 Å². The quantitative estimate of drug-likeness (QED) is 0.292. The SMILES string of the molecule is CCOC1CC(c2nc3c(ccc4cc5c(cc43)OCc3cc(Cl)ccc3-5)[nH]2)N(C(=O)C(NC(=O)OC)C(C)C)C1. The van der Waals surface area contributed by atoms with Crippen molar-refractivity contribution in [2.75, 3.05) is 20.3 Å². The number of alkyl carbamates (subject to hydrolysis) is 1. The summed E-state index contributed by atoms with van der Waals surface area (Å²) < 4.78 is 16.9. The number of aromatic amines is 1. The second kappa shape index (κ2) is 10.9. The topological polar surface area (TPSA) is 106 Å². The highest BCUT2D eigenvalue weighted by Crippen LogP contribution is 2.43. The number of nitrogens with one attached hydrogen (secondary N) is 2. The van der Waals surface area contributed by atoms with Crippen molar-refractivity contribution >= 4 is 45.4 Å². The molecule has 10 heteroatoms. The van der Waals surface area contributed by atoms with E-state index in [4.69, 9.17) is 30.8 Å². The molecular weight excluding hydrogens is 544 g/mol. The normalized spacial score (nSPS) is 18.7. The number of fused-ring (bicyclic) bond motifs is 6. The maximum atomic E-state index is 13.8. The molecule has 41 heavy (non-hydrogen) atoms. The highest BCUT2D eigenvalue weighted by Gasteiger charge is 2.42. The fourth-order valence-corrected chi connectivity index (χ4v) is 6.16. The molecule has 1 fully saturated rings. The Kier molecular flexibility index (Phi) is 7.25. The van der Waals surface area contributed by atoms with Gasteiger partial charge in [-0.3, -0.25) is 4.79 Å². The van der Waals surface area contributed by atoms with E-state index in [9.17, 15) is 9.59 Å². The van der Waals surface area contributed by atoms with Crippen LogP contribution < -0.4 is 10.1 Å². The van der Waals surface area contributed by atoms with E-state index in [0.29, 0.717) is 37.0 Å². The molecule has 4 aromatic rings. The third-order valence-electron chi connectivity index (χ3n) is 7.98. The highest BCUT2D eigenvalue weighted by molar-refractivity contribution is 6.30. The molecule has 2 N–H and O–H groups in total. The van der Waals surface area contributed by atoms with Crippen LogP contribution in [0.1, 0.15) is 44.6 Å². The van der Waals surface area contributed by atoms with Gasteiger partial charge in [-0.2, -0.15) is 0 Å². The average Bonchev–Trinajstić information content (AvgIpc) is 3.59. The summed E-state index contributed by atoms with van der Waals surface area (Å²) in [7, 11) is 1.29. The number of rotatable bonds is 6. The minimum Gasteiger partial charge on any atom is -0.488 e. The van der Waals surface area contributed by atoms with Crippen molar-refractivity contribution in [1.29, 1.82) is 0 Å². The number of likely N-dealkylation sites (tertiary alicyclic amines) is 1. The molecule has 0 saturated carbocycles. The minimum atomic E-state index is -0.739. The summed E-state index contributed by atoms with van der Waals surface area (Å²) in [6, 6.07) is 13.1. The van der Waals surface area contributed by atoms with Gasteiger partial charge in [0.15, 0.2) is 0 Å². The monoisotopic (exact) mass is 576 g/mol. The van der Waals surface area contributed by atoms with E-state index in [1.165, 1.54) is 7.11 Å². The third-order valence-corrected chi connectivity index (χ3v) is 8.22. The second-order valence-corrected chi connectivity index (χ2v) is 11.4. The number of amides is 2. The molecule has 2 aliphatic rings. The molecule has 0 bridgehead atoms. The van der Waals surface area contributed by atoms with Gasteiger partial charge in [0, 0.05) is 35.5 Å². The number of methoxy groups -OCH3 is 1. The predicted octanol–water partition coefficient (Wildman–Crippen LogP) is 5.99. The molecule has 2 amide bonds. The number of nitrogens with zero attached hydrogens (tertiary/aromatic N) is 2. The molecule has 3 unspecified atom stereocenters. The van der Waals surface area contributed by atoms with E-state index in [1.807, 2.05) is 51.1 Å². The van der Waals surface area contributed by atoms with Crippen LogP contribution in [0.2, 0.25) is 5.02 Å². The second-order valence-electron chi connectivity index (χ2n) is 10.9. The summed E-state index contributed by atoms with van der Waals surface area (Å²) >= 11 is 6.21. The van der Waals surface area contributed by atoms with Gasteiger partial charge in [0.2, 0.25) is 5.91 Å². The summed E-state index contributed by atoms with van der Waals surface area (Å²) in [6.07, 6.45) is -0.183. The van der Waals surface area contributed by atoms with Crippen LogP contribution in [0.5, 0.6) is 5.75 Å². The Hall–Kier alpha value is -3.82. The number of carbonyl (C=O) groups is 2. The Balaban J connectivity index is 1.39. The zero-order valence-corrected chi connectivity index (χ0v) is 24.2. The van der Waals surface area contributed by atoms with Crippen LogP contribution in [0.15, 0.2) is 42.5 Å². The number of benzene rings is 3. The lowest BCUT2D eigenvalue weighted by Crippen LogP contribution is -2.51. The van der Waals surface area contributed by atoms with Crippen molar-refractivity contribution in [1.82, 2.24) is 20.2 Å². The first kappa shape index (κ1) is 27.4. The van der Waals surface area contributed by atoms with Gasteiger partial charge in [0.05, 0.1) is 30.3 Å². The summed E-state index contributed by atoms with van der Waals surface area (Å²) in [4.78, 5) is 36.1. The lowest BCUT2D eigenvalue weighted by Gasteiger charge is -2.29. The molecule has 3 aromatic carbocycles. The van der Waals surface area contributed by atoms with Gasteiger partial charge < -0.3 is 29.4 Å². The van der Waals surface area contributed by atoms with E-state index in [-0.39, 0.29) is 24.0 Å². The summed E-state index contributed by atoms with van der Waals surface area (Å²) in [5, 5.41) is 5.40. The maximum absolute atomic E-state index is 13.8. The Morgan fingerprint density at radius 1 is 1.20 bits per heavy atom. The van der Waals surface area contributed by atoms with E-state index in [1.54, 1.807) is 4.90 Å². The first-order chi connectivity index (χ1) is 19.8. The van der Waals surface area contributed by atoms with E-state index in [0.717, 1.165) is 44.2 Å². The third kappa shape index (κ3) is 4.97. The van der Waals surface area contributed by atoms with Crippen LogP contribution in [0, 0.1) is 5.92 Å². The van der Waals surface area contributed by atoms with Crippen LogP contribution in [0.3, 0.4) is 0 Å². The Bertz CT molecular complexity index is 1650. The molecule has 6 rings (SSSR count). The van der Waals surface area contributed by atoms with E-state index in [2.05, 4.69) is 22.4 Å². The van der Waals surface area contributed by atoms with Crippen molar-refractivity contribution < 1.29 is 23.8 Å². The Labute approximate surface area is 243 Å². The largest absolute Gasteiger partial charge is 0.488 e. The lowest BCUT2D eigenvalue weighted by molar-refractivity contribution is -0.136. The van der Waals surface area contributed by atoms with Gasteiger partial charge >= 0.3 is 6.09 Å².